The molecule has 0 aliphatic carbocycles. The Morgan fingerprint density at radius 3 is 3.00 bits per heavy atom. The third kappa shape index (κ3) is 4.72. The maximum atomic E-state index is 4.25. The third-order valence-electron chi connectivity index (χ3n) is 3.03. The van der Waals surface area contributed by atoms with Gasteiger partial charge in [-0.05, 0) is 42.5 Å². The molecule has 0 saturated heterocycles. The fraction of sp³-hybridized carbons (Fsp3) is 0.615. The molecule has 0 radical (unpaired) electrons. The van der Waals surface area contributed by atoms with Gasteiger partial charge < -0.3 is 5.32 Å². The van der Waals surface area contributed by atoms with Crippen molar-refractivity contribution in [1.82, 2.24) is 25.5 Å². The Kier molecular flexibility index (Phi) is 5.47. The van der Waals surface area contributed by atoms with E-state index >= 15 is 0 Å². The zero-order valence-corrected chi connectivity index (χ0v) is 12.4. The van der Waals surface area contributed by atoms with Crippen LogP contribution < -0.4 is 5.32 Å². The van der Waals surface area contributed by atoms with Crippen LogP contribution in [0, 0.1) is 0 Å². The van der Waals surface area contributed by atoms with Crippen molar-refractivity contribution in [3.63, 3.8) is 0 Å². The Labute approximate surface area is 118 Å². The Hall–Kier alpha value is -1.27. The Morgan fingerprint density at radius 1 is 1.47 bits per heavy atom. The number of aryl methyl sites for hydroxylation is 2. The quantitative estimate of drug-likeness (QED) is 0.801. The van der Waals surface area contributed by atoms with Crippen molar-refractivity contribution in [3.8, 4) is 0 Å². The molecule has 0 aliphatic heterocycles. The summed E-state index contributed by atoms with van der Waals surface area (Å²) in [6.07, 6.45) is 4.35. The maximum Gasteiger partial charge on any atom is 0.176 e. The minimum atomic E-state index is 0.439. The predicted octanol–water partition coefficient (Wildman–Crippen LogP) is 1.82. The van der Waals surface area contributed by atoms with Gasteiger partial charge in [0.05, 0.1) is 7.05 Å². The van der Waals surface area contributed by atoms with Gasteiger partial charge >= 0.3 is 0 Å². The van der Waals surface area contributed by atoms with Gasteiger partial charge in [-0.2, -0.15) is 4.80 Å². The van der Waals surface area contributed by atoms with Crippen molar-refractivity contribution in [2.75, 3.05) is 6.54 Å². The summed E-state index contributed by atoms with van der Waals surface area (Å²) in [5, 5.41) is 17.8. The number of tetrazole rings is 1. The van der Waals surface area contributed by atoms with Crippen LogP contribution in [-0.2, 0) is 19.9 Å². The molecule has 6 heteroatoms. The summed E-state index contributed by atoms with van der Waals surface area (Å²) in [4.78, 5) is 2.98. The van der Waals surface area contributed by atoms with E-state index in [1.165, 1.54) is 16.1 Å². The lowest BCUT2D eigenvalue weighted by Crippen LogP contribution is -2.31. The summed E-state index contributed by atoms with van der Waals surface area (Å²) in [5.74, 6) is 0.824. The van der Waals surface area contributed by atoms with E-state index in [4.69, 9.17) is 0 Å². The molecule has 0 aromatic carbocycles. The largest absolute Gasteiger partial charge is 0.314 e. The molecule has 1 unspecified atom stereocenters. The second-order valence-electron chi connectivity index (χ2n) is 4.63. The van der Waals surface area contributed by atoms with Gasteiger partial charge in [0, 0.05) is 17.3 Å². The molecule has 1 N–H and O–H groups in total. The SMILES string of the molecule is CCNC(CCCc1cccs1)Cc1nnn(C)n1. The van der Waals surface area contributed by atoms with Gasteiger partial charge in [-0.15, -0.1) is 21.5 Å². The fourth-order valence-corrected chi connectivity index (χ4v) is 2.92. The van der Waals surface area contributed by atoms with Crippen molar-refractivity contribution in [2.45, 2.75) is 38.6 Å². The first kappa shape index (κ1) is 14.1. The predicted molar refractivity (Wildman–Crippen MR) is 77.2 cm³/mol. The minimum Gasteiger partial charge on any atom is -0.314 e. The van der Waals surface area contributed by atoms with Crippen molar-refractivity contribution in [3.05, 3.63) is 28.2 Å². The van der Waals surface area contributed by atoms with Gasteiger partial charge in [0.15, 0.2) is 5.82 Å². The summed E-state index contributed by atoms with van der Waals surface area (Å²) in [6.45, 7) is 3.11. The third-order valence-corrected chi connectivity index (χ3v) is 3.96. The summed E-state index contributed by atoms with van der Waals surface area (Å²) in [6, 6.07) is 4.76. The lowest BCUT2D eigenvalue weighted by molar-refractivity contribution is 0.468. The van der Waals surface area contributed by atoms with Crippen LogP contribution in [0.15, 0.2) is 17.5 Å². The lowest BCUT2D eigenvalue weighted by Gasteiger charge is -2.15. The maximum absolute atomic E-state index is 4.25. The highest BCUT2D eigenvalue weighted by molar-refractivity contribution is 7.09. The number of nitrogens with one attached hydrogen (secondary N) is 1. The second kappa shape index (κ2) is 7.35. The van der Waals surface area contributed by atoms with Crippen LogP contribution in [0.4, 0.5) is 0 Å². The average molecular weight is 279 g/mol. The molecule has 0 spiro atoms. The summed E-state index contributed by atoms with van der Waals surface area (Å²) in [5.41, 5.74) is 0. The Balaban J connectivity index is 1.78. The highest BCUT2D eigenvalue weighted by atomic mass is 32.1. The summed E-state index contributed by atoms with van der Waals surface area (Å²) >= 11 is 1.84. The van der Waals surface area contributed by atoms with Crippen LogP contribution in [0.3, 0.4) is 0 Å². The second-order valence-corrected chi connectivity index (χ2v) is 5.66. The van der Waals surface area contributed by atoms with E-state index in [0.717, 1.165) is 31.6 Å². The van der Waals surface area contributed by atoms with Crippen LogP contribution >= 0.6 is 11.3 Å². The molecule has 0 saturated carbocycles. The number of thiophene rings is 1. The molecular weight excluding hydrogens is 258 g/mol. The molecule has 0 aliphatic rings. The van der Waals surface area contributed by atoms with Crippen LogP contribution in [0.2, 0.25) is 0 Å². The molecule has 2 aromatic heterocycles. The van der Waals surface area contributed by atoms with Crippen molar-refractivity contribution >= 4 is 11.3 Å². The molecule has 0 bridgehead atoms. The van der Waals surface area contributed by atoms with Crippen molar-refractivity contribution in [2.24, 2.45) is 7.05 Å². The van der Waals surface area contributed by atoms with Gasteiger partial charge in [-0.1, -0.05) is 13.0 Å². The summed E-state index contributed by atoms with van der Waals surface area (Å²) in [7, 11) is 1.80. The van der Waals surface area contributed by atoms with Crippen LogP contribution in [0.1, 0.15) is 30.5 Å². The van der Waals surface area contributed by atoms with Crippen LogP contribution in [0.25, 0.3) is 0 Å². The van der Waals surface area contributed by atoms with E-state index < -0.39 is 0 Å². The number of rotatable bonds is 8. The first-order valence-electron chi connectivity index (χ1n) is 6.76. The van der Waals surface area contributed by atoms with Crippen molar-refractivity contribution < 1.29 is 0 Å². The lowest BCUT2D eigenvalue weighted by atomic mass is 10.1. The number of aromatic nitrogens is 4. The zero-order valence-electron chi connectivity index (χ0n) is 11.5. The minimum absolute atomic E-state index is 0.439. The van der Waals surface area contributed by atoms with E-state index in [0.29, 0.717) is 6.04 Å². The Bertz CT molecular complexity index is 465. The fourth-order valence-electron chi connectivity index (χ4n) is 2.17. The van der Waals surface area contributed by atoms with E-state index in [-0.39, 0.29) is 0 Å². The number of likely N-dealkylation sites (N-methyl/N-ethyl adjacent to an activating group) is 1. The van der Waals surface area contributed by atoms with Gasteiger partial charge in [-0.25, -0.2) is 0 Å². The van der Waals surface area contributed by atoms with Gasteiger partial charge in [0.2, 0.25) is 0 Å². The number of nitrogens with zero attached hydrogens (tertiary/aromatic N) is 4. The molecular formula is C13H21N5S. The van der Waals surface area contributed by atoms with E-state index in [2.05, 4.69) is 45.2 Å². The smallest absolute Gasteiger partial charge is 0.176 e. The van der Waals surface area contributed by atoms with E-state index in [1.54, 1.807) is 7.05 Å². The highest BCUT2D eigenvalue weighted by Gasteiger charge is 2.12. The molecule has 19 heavy (non-hydrogen) atoms. The van der Waals surface area contributed by atoms with Gasteiger partial charge in [0.25, 0.3) is 0 Å². The first-order valence-corrected chi connectivity index (χ1v) is 7.64. The van der Waals surface area contributed by atoms with Crippen LogP contribution in [-0.4, -0.2) is 32.8 Å². The molecule has 104 valence electrons. The van der Waals surface area contributed by atoms with Crippen LogP contribution in [0.5, 0.6) is 0 Å². The normalized spacial score (nSPS) is 12.7. The number of hydrogen-bond acceptors (Lipinski definition) is 5. The molecule has 0 fully saturated rings. The van der Waals surface area contributed by atoms with Gasteiger partial charge in [0.1, 0.15) is 0 Å². The first-order chi connectivity index (χ1) is 9.28. The molecule has 2 rings (SSSR count). The highest BCUT2D eigenvalue weighted by Crippen LogP contribution is 2.13. The topological polar surface area (TPSA) is 55.6 Å². The van der Waals surface area contributed by atoms with Crippen molar-refractivity contribution in [1.29, 1.82) is 0 Å². The molecule has 2 heterocycles. The Morgan fingerprint density at radius 2 is 2.37 bits per heavy atom. The van der Waals surface area contributed by atoms with E-state index in [9.17, 15) is 0 Å². The van der Waals surface area contributed by atoms with E-state index in [1.807, 2.05) is 11.3 Å². The zero-order chi connectivity index (χ0) is 13.5. The molecule has 1 atom stereocenters. The summed E-state index contributed by atoms with van der Waals surface area (Å²) < 4.78 is 0. The van der Waals surface area contributed by atoms with Gasteiger partial charge in [-0.3, -0.25) is 0 Å². The molecule has 2 aromatic rings. The molecule has 0 amide bonds. The monoisotopic (exact) mass is 279 g/mol. The molecule has 5 nitrogen and oxygen atoms in total. The number of hydrogen-bond donors (Lipinski definition) is 1. The average Bonchev–Trinajstić information content (AvgIpc) is 3.01. The standard InChI is InChI=1S/C13H21N5S/c1-3-14-11(10-13-15-17-18(2)16-13)6-4-7-12-8-5-9-19-12/h5,8-9,11,14H,3-4,6-7,10H2,1-2H3.